The molecule has 0 unspecified atom stereocenters. The van der Waals surface area contributed by atoms with Crippen LogP contribution in [-0.4, -0.2) is 29.7 Å². The van der Waals surface area contributed by atoms with Gasteiger partial charge in [-0.05, 0) is 6.42 Å². The molecule has 0 amide bonds. The number of halogens is 2. The molecule has 0 aliphatic heterocycles. The molecule has 0 bridgehead atoms. The van der Waals surface area contributed by atoms with Crippen molar-refractivity contribution < 1.29 is 26.1 Å². The van der Waals surface area contributed by atoms with Crippen LogP contribution in [0.15, 0.2) is 30.9 Å². The van der Waals surface area contributed by atoms with Gasteiger partial charge in [0.1, 0.15) is 0 Å². The fraction of sp³-hybridized carbons (Fsp3) is 0.200. The molecule has 0 atom stereocenters. The first-order chi connectivity index (χ1) is 5.83. The van der Waals surface area contributed by atoms with Crippen molar-refractivity contribution in [2.45, 2.75) is 6.42 Å². The van der Waals surface area contributed by atoms with Gasteiger partial charge in [0, 0.05) is 11.6 Å². The minimum atomic E-state index is -0.303. The number of ether oxygens (including phenoxy) is 1. The van der Waals surface area contributed by atoms with Gasteiger partial charge in [0.25, 0.3) is 0 Å². The van der Waals surface area contributed by atoms with Crippen LogP contribution >= 0.6 is 0 Å². The first kappa shape index (κ1) is 16.4. The Bertz CT molecular complexity index is 268. The Balaban J connectivity index is 0. The van der Waals surface area contributed by atoms with Crippen molar-refractivity contribution in [2.24, 2.45) is 0 Å². The fourth-order valence-corrected chi connectivity index (χ4v) is 0.754. The fourth-order valence-electron chi connectivity index (χ4n) is 0.754. The predicted molar refractivity (Wildman–Crippen MR) is 51.3 cm³/mol. The molecule has 1 aromatic carbocycles. The minimum Gasteiger partial charge on any atom is -1.00 e. The predicted octanol–water partition coefficient (Wildman–Crippen LogP) is -0.796. The summed E-state index contributed by atoms with van der Waals surface area (Å²) in [5, 5.41) is 0. The van der Waals surface area contributed by atoms with Crippen LogP contribution in [0.2, 0.25) is 0 Å². The molecule has 14 heavy (non-hydrogen) atoms. The topological polar surface area (TPSA) is 9.23 Å². The second kappa shape index (κ2) is 9.49. The summed E-state index contributed by atoms with van der Waals surface area (Å²) in [6.07, 6.45) is 2.50. The molecule has 0 fully saturated rings. The molecular weight excluding hydrogens is 259 g/mol. The Hall–Kier alpha value is -0.0638. The van der Waals surface area contributed by atoms with Crippen LogP contribution in [0.1, 0.15) is 6.42 Å². The van der Waals surface area contributed by atoms with E-state index in [1.807, 2.05) is 0 Å². The van der Waals surface area contributed by atoms with Gasteiger partial charge in [-0.25, -0.2) is 4.39 Å². The van der Waals surface area contributed by atoms with Gasteiger partial charge in [0.05, 0.1) is 6.61 Å². The van der Waals surface area contributed by atoms with E-state index in [0.717, 1.165) is 6.42 Å². The molecule has 0 aliphatic carbocycles. The average Bonchev–Trinajstić information content (AvgIpc) is 2.05. The van der Waals surface area contributed by atoms with Crippen molar-refractivity contribution in [2.75, 3.05) is 6.61 Å². The molecule has 0 saturated carbocycles. The van der Waals surface area contributed by atoms with Gasteiger partial charge in [-0.1, -0.05) is 12.1 Å². The summed E-state index contributed by atoms with van der Waals surface area (Å²) in [6.45, 7) is 4.06. The smallest absolute Gasteiger partial charge is 1.00 e. The van der Waals surface area contributed by atoms with E-state index in [9.17, 15) is 4.39 Å². The maximum absolute atomic E-state index is 12.6. The second-order valence-corrected chi connectivity index (χ2v) is 2.30. The van der Waals surface area contributed by atoms with Gasteiger partial charge in [-0.2, -0.15) is 6.07 Å². The van der Waals surface area contributed by atoms with Crippen molar-refractivity contribution in [3.63, 3.8) is 0 Å². The largest absolute Gasteiger partial charge is 2.00 e. The summed E-state index contributed by atoms with van der Waals surface area (Å²) in [4.78, 5) is 0. The molecule has 4 heteroatoms. The SMILES string of the molecule is C=CCCOc1[c-]ccc(F)c1.[Br-].[Mg+2]. The van der Waals surface area contributed by atoms with E-state index in [4.69, 9.17) is 4.74 Å². The Labute approximate surface area is 110 Å². The first-order valence-corrected chi connectivity index (χ1v) is 3.74. The molecule has 0 N–H and O–H groups in total. The normalized spacial score (nSPS) is 8.07. The van der Waals surface area contributed by atoms with Crippen LogP contribution in [-0.2, 0) is 0 Å². The molecule has 1 aromatic rings. The van der Waals surface area contributed by atoms with Crippen LogP contribution in [0, 0.1) is 11.9 Å². The monoisotopic (exact) mass is 268 g/mol. The van der Waals surface area contributed by atoms with Crippen LogP contribution in [0.25, 0.3) is 0 Å². The summed E-state index contributed by atoms with van der Waals surface area (Å²) in [5.41, 5.74) is 0. The van der Waals surface area contributed by atoms with Crippen LogP contribution in [0.3, 0.4) is 0 Å². The average molecular weight is 269 g/mol. The molecule has 1 nitrogen and oxygen atoms in total. The van der Waals surface area contributed by atoms with Crippen molar-refractivity contribution in [3.05, 3.63) is 42.7 Å². The van der Waals surface area contributed by atoms with Gasteiger partial charge in [0.2, 0.25) is 0 Å². The zero-order chi connectivity index (χ0) is 8.81. The third-order valence-corrected chi connectivity index (χ3v) is 1.32. The van der Waals surface area contributed by atoms with E-state index in [-0.39, 0.29) is 45.9 Å². The number of hydrogen-bond acceptors (Lipinski definition) is 1. The van der Waals surface area contributed by atoms with Gasteiger partial charge in [-0.15, -0.1) is 18.7 Å². The molecule has 1 rings (SSSR count). The summed E-state index contributed by atoms with van der Waals surface area (Å²) in [6, 6.07) is 6.91. The van der Waals surface area contributed by atoms with E-state index >= 15 is 0 Å². The summed E-state index contributed by atoms with van der Waals surface area (Å²) < 4.78 is 17.7. The molecule has 0 saturated heterocycles. The van der Waals surface area contributed by atoms with Gasteiger partial charge < -0.3 is 21.7 Å². The van der Waals surface area contributed by atoms with Crippen LogP contribution in [0.5, 0.6) is 5.75 Å². The maximum Gasteiger partial charge on any atom is 2.00 e. The zero-order valence-electron chi connectivity index (χ0n) is 7.80. The minimum absolute atomic E-state index is 0. The van der Waals surface area contributed by atoms with Crippen molar-refractivity contribution in [1.82, 2.24) is 0 Å². The second-order valence-electron chi connectivity index (χ2n) is 2.30. The first-order valence-electron chi connectivity index (χ1n) is 3.74. The summed E-state index contributed by atoms with van der Waals surface area (Å²) >= 11 is 0. The molecule has 0 aliphatic rings. The Morgan fingerprint density at radius 2 is 2.29 bits per heavy atom. The Morgan fingerprint density at radius 1 is 1.57 bits per heavy atom. The number of rotatable bonds is 4. The zero-order valence-corrected chi connectivity index (χ0v) is 10.8. The number of hydrogen-bond donors (Lipinski definition) is 0. The molecule has 72 valence electrons. The molecule has 0 aromatic heterocycles. The molecule has 0 spiro atoms. The van der Waals surface area contributed by atoms with Crippen LogP contribution in [0.4, 0.5) is 4.39 Å². The van der Waals surface area contributed by atoms with E-state index in [1.165, 1.54) is 18.2 Å². The van der Waals surface area contributed by atoms with E-state index in [2.05, 4.69) is 12.6 Å². The summed E-state index contributed by atoms with van der Waals surface area (Å²) in [7, 11) is 0. The van der Waals surface area contributed by atoms with Crippen molar-refractivity contribution in [3.8, 4) is 5.75 Å². The summed E-state index contributed by atoms with van der Waals surface area (Å²) in [5.74, 6) is 0.138. The standard InChI is InChI=1S/C10H10FO.BrH.Mg/c1-2-3-7-12-10-6-4-5-9(11)8-10;;/h2,4-5,8H,1,3,7H2;1H;/q-1;;+2/p-1. The molecule has 0 heterocycles. The Morgan fingerprint density at radius 3 is 2.86 bits per heavy atom. The van der Waals surface area contributed by atoms with E-state index in [1.54, 1.807) is 6.08 Å². The van der Waals surface area contributed by atoms with E-state index in [0.29, 0.717) is 12.4 Å². The van der Waals surface area contributed by atoms with Gasteiger partial charge in [0.15, 0.2) is 0 Å². The third kappa shape index (κ3) is 6.40. The quantitative estimate of drug-likeness (QED) is 0.301. The molecule has 0 radical (unpaired) electrons. The third-order valence-electron chi connectivity index (χ3n) is 1.32. The van der Waals surface area contributed by atoms with E-state index < -0.39 is 0 Å². The van der Waals surface area contributed by atoms with Crippen molar-refractivity contribution >= 4 is 23.1 Å². The Kier molecular flexibility index (Phi) is 11.1. The van der Waals surface area contributed by atoms with Crippen LogP contribution < -0.4 is 21.7 Å². The number of benzene rings is 1. The van der Waals surface area contributed by atoms with Crippen molar-refractivity contribution in [1.29, 1.82) is 0 Å². The maximum atomic E-state index is 12.6. The molecular formula is C10H10BrFMgO. The van der Waals surface area contributed by atoms with Gasteiger partial charge >= 0.3 is 23.1 Å². The van der Waals surface area contributed by atoms with Gasteiger partial charge in [-0.3, -0.25) is 0 Å².